The molecule has 0 saturated carbocycles. The topological polar surface area (TPSA) is 23.8 Å². The lowest BCUT2D eigenvalue weighted by Gasteiger charge is -2.12. The van der Waals surface area contributed by atoms with E-state index in [-0.39, 0.29) is 0 Å². The molecule has 0 bridgehead atoms. The van der Waals surface area contributed by atoms with Crippen LogP contribution in [0.2, 0.25) is 0 Å². The van der Waals surface area contributed by atoms with Crippen LogP contribution in [0, 0.1) is 11.3 Å². The van der Waals surface area contributed by atoms with Crippen LogP contribution in [0.4, 0.5) is 0 Å². The van der Waals surface area contributed by atoms with Gasteiger partial charge < -0.3 is 0 Å². The van der Waals surface area contributed by atoms with Gasteiger partial charge in [-0.15, -0.1) is 0 Å². The van der Waals surface area contributed by atoms with Gasteiger partial charge in [0.2, 0.25) is 0 Å². The third-order valence-electron chi connectivity index (χ3n) is 5.05. The van der Waals surface area contributed by atoms with E-state index in [1.807, 2.05) is 24.3 Å². The van der Waals surface area contributed by atoms with E-state index in [9.17, 15) is 0 Å². The van der Waals surface area contributed by atoms with Crippen LogP contribution in [0.5, 0.6) is 0 Å². The molecule has 1 nitrogen and oxygen atoms in total. The molecule has 4 rings (SSSR count). The van der Waals surface area contributed by atoms with Gasteiger partial charge in [0.1, 0.15) is 0 Å². The van der Waals surface area contributed by atoms with Crippen molar-refractivity contribution in [2.45, 2.75) is 19.8 Å². The summed E-state index contributed by atoms with van der Waals surface area (Å²) < 4.78 is 0. The van der Waals surface area contributed by atoms with Crippen molar-refractivity contribution in [3.63, 3.8) is 0 Å². The van der Waals surface area contributed by atoms with Gasteiger partial charge in [-0.3, -0.25) is 0 Å². The number of nitrogens with zero attached hydrogens (tertiary/aromatic N) is 1. The van der Waals surface area contributed by atoms with E-state index in [1.165, 1.54) is 39.4 Å². The molecular weight excluding hydrogens is 326 g/mol. The van der Waals surface area contributed by atoms with E-state index in [0.29, 0.717) is 5.56 Å². The lowest BCUT2D eigenvalue weighted by Crippen LogP contribution is -1.88. The number of fused-ring (bicyclic) bond motifs is 1. The molecule has 0 fully saturated rings. The summed E-state index contributed by atoms with van der Waals surface area (Å²) in [5, 5.41) is 11.5. The highest BCUT2D eigenvalue weighted by Gasteiger charge is 2.09. The van der Waals surface area contributed by atoms with Crippen molar-refractivity contribution in [1.82, 2.24) is 0 Å². The Labute approximate surface area is 160 Å². The highest BCUT2D eigenvalue weighted by Crippen LogP contribution is 2.35. The van der Waals surface area contributed by atoms with Crippen LogP contribution >= 0.6 is 0 Å². The van der Waals surface area contributed by atoms with Crippen molar-refractivity contribution in [3.8, 4) is 28.3 Å². The van der Waals surface area contributed by atoms with Crippen molar-refractivity contribution < 1.29 is 0 Å². The fourth-order valence-corrected chi connectivity index (χ4v) is 3.67. The van der Waals surface area contributed by atoms with Gasteiger partial charge in [-0.2, -0.15) is 5.26 Å². The summed E-state index contributed by atoms with van der Waals surface area (Å²) in [5.41, 5.74) is 6.91. The normalized spacial score (nSPS) is 10.7. The first-order chi connectivity index (χ1) is 13.3. The molecular formula is C26H21N. The molecule has 0 unspecified atom stereocenters. The van der Waals surface area contributed by atoms with Crippen molar-refractivity contribution in [1.29, 1.82) is 5.26 Å². The summed E-state index contributed by atoms with van der Waals surface area (Å²) in [6.45, 7) is 2.21. The lowest BCUT2D eigenvalue weighted by atomic mass is 9.91. The van der Waals surface area contributed by atoms with E-state index >= 15 is 0 Å². The predicted octanol–water partition coefficient (Wildman–Crippen LogP) is 7.00. The lowest BCUT2D eigenvalue weighted by molar-refractivity contribution is 0.922. The molecule has 0 aliphatic heterocycles. The molecule has 0 amide bonds. The highest BCUT2D eigenvalue weighted by atomic mass is 14.2. The Bertz CT molecular complexity index is 1110. The van der Waals surface area contributed by atoms with Gasteiger partial charge in [0.05, 0.1) is 11.6 Å². The molecule has 130 valence electrons. The molecule has 0 heterocycles. The second-order valence-electron chi connectivity index (χ2n) is 6.84. The average molecular weight is 347 g/mol. The Hall–Kier alpha value is -3.37. The average Bonchev–Trinajstić information content (AvgIpc) is 2.74. The van der Waals surface area contributed by atoms with Gasteiger partial charge in [-0.1, -0.05) is 86.1 Å². The first-order valence-electron chi connectivity index (χ1n) is 9.42. The summed E-state index contributed by atoms with van der Waals surface area (Å²) in [6, 6.07) is 31.9. The van der Waals surface area contributed by atoms with E-state index in [4.69, 9.17) is 5.26 Å². The standard InChI is InChI=1S/C26H21N/c1-2-5-19-8-12-21(13-9-19)23-16-17-24(26-7-4-3-6-25(23)26)22-14-10-20(18-27)11-15-22/h3-4,6-17H,2,5H2,1H3. The number of nitriles is 1. The molecule has 0 aromatic heterocycles. The van der Waals surface area contributed by atoms with Gasteiger partial charge in [0.15, 0.2) is 0 Å². The molecule has 0 N–H and O–H groups in total. The van der Waals surface area contributed by atoms with Crippen molar-refractivity contribution >= 4 is 10.8 Å². The van der Waals surface area contributed by atoms with Crippen LogP contribution < -0.4 is 0 Å². The van der Waals surface area contributed by atoms with Crippen LogP contribution in [0.25, 0.3) is 33.0 Å². The van der Waals surface area contributed by atoms with Crippen molar-refractivity contribution in [3.05, 3.63) is 96.1 Å². The molecule has 0 saturated heterocycles. The van der Waals surface area contributed by atoms with E-state index in [2.05, 4.69) is 73.7 Å². The van der Waals surface area contributed by atoms with Gasteiger partial charge in [-0.05, 0) is 57.1 Å². The molecule has 0 atom stereocenters. The maximum atomic E-state index is 9.04. The Morgan fingerprint density at radius 2 is 1.19 bits per heavy atom. The Balaban J connectivity index is 1.84. The van der Waals surface area contributed by atoms with E-state index < -0.39 is 0 Å². The predicted molar refractivity (Wildman–Crippen MR) is 114 cm³/mol. The third-order valence-corrected chi connectivity index (χ3v) is 5.05. The number of hydrogen-bond acceptors (Lipinski definition) is 1. The Morgan fingerprint density at radius 1 is 0.667 bits per heavy atom. The van der Waals surface area contributed by atoms with Crippen LogP contribution in [0.15, 0.2) is 84.9 Å². The molecule has 4 aromatic rings. The quantitative estimate of drug-likeness (QED) is 0.390. The van der Waals surface area contributed by atoms with Crippen LogP contribution in [0.1, 0.15) is 24.5 Å². The van der Waals surface area contributed by atoms with Gasteiger partial charge in [-0.25, -0.2) is 0 Å². The minimum atomic E-state index is 0.687. The molecule has 0 radical (unpaired) electrons. The van der Waals surface area contributed by atoms with Crippen molar-refractivity contribution in [2.75, 3.05) is 0 Å². The number of hydrogen-bond donors (Lipinski definition) is 0. The smallest absolute Gasteiger partial charge is 0.0991 e. The minimum absolute atomic E-state index is 0.687. The second-order valence-corrected chi connectivity index (χ2v) is 6.84. The summed E-state index contributed by atoms with van der Waals surface area (Å²) in [7, 11) is 0. The van der Waals surface area contributed by atoms with Gasteiger partial charge in [0, 0.05) is 0 Å². The molecule has 27 heavy (non-hydrogen) atoms. The van der Waals surface area contributed by atoms with Gasteiger partial charge >= 0.3 is 0 Å². The second kappa shape index (κ2) is 7.48. The molecule has 1 heteroatoms. The van der Waals surface area contributed by atoms with E-state index in [0.717, 1.165) is 12.0 Å². The summed E-state index contributed by atoms with van der Waals surface area (Å²) >= 11 is 0. The zero-order chi connectivity index (χ0) is 18.6. The largest absolute Gasteiger partial charge is 0.192 e. The molecule has 0 aliphatic rings. The molecule has 0 spiro atoms. The van der Waals surface area contributed by atoms with Crippen LogP contribution in [-0.4, -0.2) is 0 Å². The maximum Gasteiger partial charge on any atom is 0.0991 e. The third kappa shape index (κ3) is 3.35. The molecule has 4 aromatic carbocycles. The Kier molecular flexibility index (Phi) is 4.73. The van der Waals surface area contributed by atoms with E-state index in [1.54, 1.807) is 0 Å². The maximum absolute atomic E-state index is 9.04. The minimum Gasteiger partial charge on any atom is -0.192 e. The summed E-state index contributed by atoms with van der Waals surface area (Å²) in [5.74, 6) is 0. The first kappa shape index (κ1) is 17.1. The first-order valence-corrected chi connectivity index (χ1v) is 9.42. The summed E-state index contributed by atoms with van der Waals surface area (Å²) in [6.07, 6.45) is 2.29. The summed E-state index contributed by atoms with van der Waals surface area (Å²) in [4.78, 5) is 0. The van der Waals surface area contributed by atoms with Crippen molar-refractivity contribution in [2.24, 2.45) is 0 Å². The fraction of sp³-hybridized carbons (Fsp3) is 0.115. The monoisotopic (exact) mass is 347 g/mol. The zero-order valence-electron chi connectivity index (χ0n) is 15.4. The number of aryl methyl sites for hydroxylation is 1. The SMILES string of the molecule is CCCc1ccc(-c2ccc(-c3ccc(C#N)cc3)c3ccccc23)cc1. The number of benzene rings is 4. The van der Waals surface area contributed by atoms with Crippen LogP contribution in [0.3, 0.4) is 0 Å². The molecule has 0 aliphatic carbocycles. The highest BCUT2D eigenvalue weighted by molar-refractivity contribution is 6.04. The van der Waals surface area contributed by atoms with Crippen LogP contribution in [-0.2, 0) is 6.42 Å². The fourth-order valence-electron chi connectivity index (χ4n) is 3.67. The zero-order valence-corrected chi connectivity index (χ0v) is 15.4. The number of rotatable bonds is 4. The van der Waals surface area contributed by atoms with Gasteiger partial charge in [0.25, 0.3) is 0 Å². The Morgan fingerprint density at radius 3 is 1.67 bits per heavy atom.